The lowest BCUT2D eigenvalue weighted by molar-refractivity contribution is -0.131. The number of carbonyl (C=O) groups excluding carboxylic acids is 1. The maximum absolute atomic E-state index is 12.5. The molecule has 1 unspecified atom stereocenters. The van der Waals surface area contributed by atoms with Gasteiger partial charge in [-0.3, -0.25) is 9.69 Å². The fourth-order valence-corrected chi connectivity index (χ4v) is 6.96. The standard InChI is InChI=1S/C17H27N3OS3/c21-17(5-2-1-4-15-6-12-23-24-15)20-9-3-8-19(10-11-20)14-16-18-7-13-22-16/h7,13,15H,1-6,8-12,14H2. The summed E-state index contributed by atoms with van der Waals surface area (Å²) in [7, 11) is 4.05. The zero-order valence-electron chi connectivity index (χ0n) is 14.2. The molecule has 2 saturated heterocycles. The quantitative estimate of drug-likeness (QED) is 0.526. The van der Waals surface area contributed by atoms with E-state index >= 15 is 0 Å². The molecule has 0 saturated carbocycles. The highest BCUT2D eigenvalue weighted by molar-refractivity contribution is 8.77. The van der Waals surface area contributed by atoms with E-state index in [1.807, 2.05) is 33.2 Å². The van der Waals surface area contributed by atoms with Crippen LogP contribution in [0.3, 0.4) is 0 Å². The molecule has 0 spiro atoms. The number of hydrogen-bond donors (Lipinski definition) is 0. The Morgan fingerprint density at radius 1 is 1.25 bits per heavy atom. The van der Waals surface area contributed by atoms with Crippen molar-refractivity contribution in [3.63, 3.8) is 0 Å². The second-order valence-electron chi connectivity index (χ2n) is 6.51. The number of carbonyl (C=O) groups is 1. The van der Waals surface area contributed by atoms with Crippen LogP contribution in [0.2, 0.25) is 0 Å². The Hall–Kier alpha value is -0.240. The first-order valence-corrected chi connectivity index (χ1v) is 12.2. The molecule has 3 rings (SSSR count). The molecule has 2 aliphatic rings. The SMILES string of the molecule is O=C(CCCCC1CCSS1)N1CCCN(Cc2nccs2)CC1. The van der Waals surface area contributed by atoms with Crippen molar-refractivity contribution in [1.82, 2.24) is 14.8 Å². The van der Waals surface area contributed by atoms with Crippen molar-refractivity contribution in [2.45, 2.75) is 50.3 Å². The van der Waals surface area contributed by atoms with Crippen LogP contribution in [-0.4, -0.2) is 57.9 Å². The van der Waals surface area contributed by atoms with E-state index in [2.05, 4.69) is 14.8 Å². The Labute approximate surface area is 157 Å². The average molecular weight is 386 g/mol. The first-order valence-electron chi connectivity index (χ1n) is 8.98. The first kappa shape index (κ1) is 18.5. The van der Waals surface area contributed by atoms with E-state index in [1.165, 1.54) is 30.0 Å². The molecule has 0 radical (unpaired) electrons. The second-order valence-corrected chi connectivity index (χ2v) is 10.3. The van der Waals surface area contributed by atoms with Gasteiger partial charge in [-0.1, -0.05) is 28.0 Å². The van der Waals surface area contributed by atoms with E-state index in [1.54, 1.807) is 11.3 Å². The van der Waals surface area contributed by atoms with Crippen LogP contribution in [0.4, 0.5) is 0 Å². The molecule has 2 fully saturated rings. The summed E-state index contributed by atoms with van der Waals surface area (Å²) < 4.78 is 0. The Bertz CT molecular complexity index is 491. The summed E-state index contributed by atoms with van der Waals surface area (Å²) in [6.45, 7) is 4.76. The fourth-order valence-electron chi connectivity index (χ4n) is 3.27. The van der Waals surface area contributed by atoms with Crippen LogP contribution in [0, 0.1) is 0 Å². The van der Waals surface area contributed by atoms with Gasteiger partial charge in [0.15, 0.2) is 0 Å². The lowest BCUT2D eigenvalue weighted by Crippen LogP contribution is -2.34. The molecule has 1 aromatic rings. The van der Waals surface area contributed by atoms with Gasteiger partial charge in [-0.2, -0.15) is 0 Å². The van der Waals surface area contributed by atoms with Gasteiger partial charge in [0.2, 0.25) is 5.91 Å². The Morgan fingerprint density at radius 2 is 2.21 bits per heavy atom. The van der Waals surface area contributed by atoms with Gasteiger partial charge in [-0.05, 0) is 25.7 Å². The maximum Gasteiger partial charge on any atom is 0.222 e. The van der Waals surface area contributed by atoms with Crippen molar-refractivity contribution >= 4 is 38.8 Å². The van der Waals surface area contributed by atoms with Crippen molar-refractivity contribution < 1.29 is 4.79 Å². The molecule has 24 heavy (non-hydrogen) atoms. The van der Waals surface area contributed by atoms with E-state index in [9.17, 15) is 4.79 Å². The van der Waals surface area contributed by atoms with E-state index in [0.717, 1.165) is 57.2 Å². The van der Waals surface area contributed by atoms with Crippen LogP contribution in [0.1, 0.15) is 43.5 Å². The van der Waals surface area contributed by atoms with Crippen LogP contribution in [-0.2, 0) is 11.3 Å². The minimum Gasteiger partial charge on any atom is -0.341 e. The molecule has 1 atom stereocenters. The highest BCUT2D eigenvalue weighted by Gasteiger charge is 2.20. The average Bonchev–Trinajstić information content (AvgIpc) is 3.23. The van der Waals surface area contributed by atoms with Crippen molar-refractivity contribution in [3.05, 3.63) is 16.6 Å². The molecule has 3 heterocycles. The molecule has 1 amide bonds. The topological polar surface area (TPSA) is 36.4 Å². The third kappa shape index (κ3) is 5.93. The molecular weight excluding hydrogens is 358 g/mol. The van der Waals surface area contributed by atoms with E-state index in [0.29, 0.717) is 5.91 Å². The predicted octanol–water partition coefficient (Wildman–Crippen LogP) is 3.89. The van der Waals surface area contributed by atoms with Gasteiger partial charge >= 0.3 is 0 Å². The smallest absolute Gasteiger partial charge is 0.222 e. The number of aromatic nitrogens is 1. The Kier molecular flexibility index (Phi) is 7.76. The minimum absolute atomic E-state index is 0.361. The predicted molar refractivity (Wildman–Crippen MR) is 106 cm³/mol. The number of nitrogens with zero attached hydrogens (tertiary/aromatic N) is 3. The number of unbranched alkanes of at least 4 members (excludes halogenated alkanes) is 1. The van der Waals surface area contributed by atoms with Gasteiger partial charge in [0.05, 0.1) is 6.54 Å². The van der Waals surface area contributed by atoms with Crippen molar-refractivity contribution in [2.24, 2.45) is 0 Å². The number of amides is 1. The zero-order chi connectivity index (χ0) is 16.6. The summed E-state index contributed by atoms with van der Waals surface area (Å²) in [5, 5.41) is 4.05. The summed E-state index contributed by atoms with van der Waals surface area (Å²) in [5.74, 6) is 1.67. The normalized spacial score (nSPS) is 22.7. The van der Waals surface area contributed by atoms with Gasteiger partial charge in [0, 0.05) is 55.2 Å². The van der Waals surface area contributed by atoms with Gasteiger partial charge in [-0.25, -0.2) is 4.98 Å². The maximum atomic E-state index is 12.5. The largest absolute Gasteiger partial charge is 0.341 e. The highest BCUT2D eigenvalue weighted by Crippen LogP contribution is 2.39. The van der Waals surface area contributed by atoms with E-state index in [-0.39, 0.29) is 0 Å². The summed E-state index contributed by atoms with van der Waals surface area (Å²) in [6, 6.07) is 0. The van der Waals surface area contributed by atoms with E-state index < -0.39 is 0 Å². The molecule has 1 aromatic heterocycles. The second kappa shape index (κ2) is 10.0. The molecule has 0 aliphatic carbocycles. The van der Waals surface area contributed by atoms with Crippen molar-refractivity contribution in [2.75, 3.05) is 31.9 Å². The number of thiazole rings is 1. The fraction of sp³-hybridized carbons (Fsp3) is 0.765. The first-order chi connectivity index (χ1) is 11.8. The lowest BCUT2D eigenvalue weighted by atomic mass is 10.1. The van der Waals surface area contributed by atoms with E-state index in [4.69, 9.17) is 0 Å². The van der Waals surface area contributed by atoms with Gasteiger partial charge in [0.25, 0.3) is 0 Å². The molecule has 0 N–H and O–H groups in total. The Balaban J connectivity index is 1.33. The molecule has 0 bridgehead atoms. The summed E-state index contributed by atoms with van der Waals surface area (Å²) in [4.78, 5) is 21.3. The van der Waals surface area contributed by atoms with Crippen LogP contribution in [0.25, 0.3) is 0 Å². The van der Waals surface area contributed by atoms with Gasteiger partial charge < -0.3 is 4.90 Å². The summed E-state index contributed by atoms with van der Waals surface area (Å²) in [6.07, 6.45) is 8.57. The van der Waals surface area contributed by atoms with Crippen LogP contribution >= 0.6 is 32.9 Å². The third-order valence-electron chi connectivity index (χ3n) is 4.68. The van der Waals surface area contributed by atoms with Crippen LogP contribution in [0.5, 0.6) is 0 Å². The molecule has 2 aliphatic heterocycles. The highest BCUT2D eigenvalue weighted by atomic mass is 33.1. The molecule has 7 heteroatoms. The summed E-state index contributed by atoms with van der Waals surface area (Å²) in [5.41, 5.74) is 0. The van der Waals surface area contributed by atoms with Gasteiger partial charge in [-0.15, -0.1) is 11.3 Å². The van der Waals surface area contributed by atoms with Crippen LogP contribution in [0.15, 0.2) is 11.6 Å². The number of hydrogen-bond acceptors (Lipinski definition) is 6. The summed E-state index contributed by atoms with van der Waals surface area (Å²) >= 11 is 1.72. The monoisotopic (exact) mass is 385 g/mol. The third-order valence-corrected chi connectivity index (χ3v) is 8.45. The Morgan fingerprint density at radius 3 is 3.00 bits per heavy atom. The van der Waals surface area contributed by atoms with Gasteiger partial charge in [0.1, 0.15) is 5.01 Å². The zero-order valence-corrected chi connectivity index (χ0v) is 16.6. The van der Waals surface area contributed by atoms with Crippen molar-refractivity contribution in [3.8, 4) is 0 Å². The molecule has 0 aromatic carbocycles. The van der Waals surface area contributed by atoms with Crippen molar-refractivity contribution in [1.29, 1.82) is 0 Å². The lowest BCUT2D eigenvalue weighted by Gasteiger charge is -2.21. The molecular formula is C17H27N3OS3. The van der Waals surface area contributed by atoms with Crippen LogP contribution < -0.4 is 0 Å². The minimum atomic E-state index is 0.361. The number of rotatable bonds is 7. The molecule has 134 valence electrons. The molecule has 4 nitrogen and oxygen atoms in total.